The van der Waals surface area contributed by atoms with Gasteiger partial charge in [0.1, 0.15) is 5.01 Å². The number of nitrogens with one attached hydrogen (secondary N) is 1. The third-order valence-electron chi connectivity index (χ3n) is 5.07. The predicted octanol–water partition coefficient (Wildman–Crippen LogP) is 5.70. The smallest absolute Gasteiger partial charge is 0.110 e. The van der Waals surface area contributed by atoms with Crippen LogP contribution in [0.3, 0.4) is 0 Å². The molecular weight excluding hydrogens is 364 g/mol. The fraction of sp³-hybridized carbons (Fsp3) is 0.217. The zero-order chi connectivity index (χ0) is 19.5. The van der Waals surface area contributed by atoms with Gasteiger partial charge in [0.15, 0.2) is 0 Å². The van der Waals surface area contributed by atoms with Crippen LogP contribution < -0.4 is 0 Å². The molecule has 1 N–H and O–H groups in total. The minimum atomic E-state index is 0.266. The Morgan fingerprint density at radius 1 is 1.00 bits per heavy atom. The molecule has 0 aliphatic rings. The Labute approximate surface area is 169 Å². The average molecular weight is 389 g/mol. The van der Waals surface area contributed by atoms with E-state index in [1.54, 1.807) is 11.3 Å². The van der Waals surface area contributed by atoms with Crippen molar-refractivity contribution in [2.75, 3.05) is 7.05 Å². The van der Waals surface area contributed by atoms with E-state index in [1.165, 1.54) is 16.7 Å². The van der Waals surface area contributed by atoms with Crippen molar-refractivity contribution >= 4 is 11.3 Å². The highest BCUT2D eigenvalue weighted by Crippen LogP contribution is 2.28. The molecule has 0 radical (unpaired) electrons. The molecule has 28 heavy (non-hydrogen) atoms. The molecule has 4 nitrogen and oxygen atoms in total. The summed E-state index contributed by atoms with van der Waals surface area (Å²) < 4.78 is 0. The molecule has 5 heteroatoms. The maximum absolute atomic E-state index is 4.63. The topological polar surface area (TPSA) is 44.8 Å². The lowest BCUT2D eigenvalue weighted by Crippen LogP contribution is -2.22. The van der Waals surface area contributed by atoms with Crippen molar-refractivity contribution in [2.45, 2.75) is 26.4 Å². The molecule has 4 aromatic rings. The highest BCUT2D eigenvalue weighted by Gasteiger charge is 2.18. The zero-order valence-corrected chi connectivity index (χ0v) is 17.2. The lowest BCUT2D eigenvalue weighted by molar-refractivity contribution is 0.253. The standard InChI is InChI=1S/C23H24N4S/c1-16-15-28-23(25-16)17(2)27(3)14-21-13-24-26-22(21)20-11-9-19(10-12-20)18-7-5-4-6-8-18/h4-13,15,17H,14H2,1-3H3,(H,24,26)/t17-/m1/s1. The van der Waals surface area contributed by atoms with Gasteiger partial charge in [0.2, 0.25) is 0 Å². The first kappa shape index (κ1) is 18.6. The van der Waals surface area contributed by atoms with E-state index in [4.69, 9.17) is 0 Å². The second-order valence-corrected chi connectivity index (χ2v) is 8.02. The molecule has 0 bridgehead atoms. The fourth-order valence-electron chi connectivity index (χ4n) is 3.30. The molecule has 0 unspecified atom stereocenters. The quantitative estimate of drug-likeness (QED) is 0.461. The van der Waals surface area contributed by atoms with Crippen molar-refractivity contribution < 1.29 is 0 Å². The van der Waals surface area contributed by atoms with Crippen molar-refractivity contribution in [2.24, 2.45) is 0 Å². The monoisotopic (exact) mass is 388 g/mol. The number of rotatable bonds is 6. The summed E-state index contributed by atoms with van der Waals surface area (Å²) in [6.45, 7) is 5.05. The highest BCUT2D eigenvalue weighted by molar-refractivity contribution is 7.09. The summed E-state index contributed by atoms with van der Waals surface area (Å²) in [6.07, 6.45) is 1.93. The Balaban J connectivity index is 1.52. The molecule has 2 heterocycles. The number of aryl methyl sites for hydroxylation is 1. The summed E-state index contributed by atoms with van der Waals surface area (Å²) in [7, 11) is 2.14. The summed E-state index contributed by atoms with van der Waals surface area (Å²) in [5.41, 5.74) is 6.95. The number of hydrogen-bond acceptors (Lipinski definition) is 4. The van der Waals surface area contributed by atoms with Gasteiger partial charge in [-0.2, -0.15) is 5.10 Å². The van der Waals surface area contributed by atoms with Crippen LogP contribution in [-0.4, -0.2) is 27.1 Å². The molecule has 1 atom stereocenters. The molecule has 0 amide bonds. The molecule has 0 fully saturated rings. The number of aromatic amines is 1. The van der Waals surface area contributed by atoms with Gasteiger partial charge >= 0.3 is 0 Å². The first-order chi connectivity index (χ1) is 13.6. The van der Waals surface area contributed by atoms with E-state index in [0.717, 1.165) is 28.5 Å². The molecule has 4 rings (SSSR count). The zero-order valence-electron chi connectivity index (χ0n) is 16.4. The molecule has 0 saturated carbocycles. The van der Waals surface area contributed by atoms with Gasteiger partial charge in [-0.05, 0) is 37.6 Å². The van der Waals surface area contributed by atoms with Crippen LogP contribution in [0.5, 0.6) is 0 Å². The van der Waals surface area contributed by atoms with Gasteiger partial charge in [0.05, 0.1) is 17.9 Å². The van der Waals surface area contributed by atoms with Crippen LogP contribution in [0.2, 0.25) is 0 Å². The van der Waals surface area contributed by atoms with Gasteiger partial charge in [-0.3, -0.25) is 10.00 Å². The Kier molecular flexibility index (Phi) is 5.37. The summed E-state index contributed by atoms with van der Waals surface area (Å²) in [4.78, 5) is 6.94. The molecule has 0 saturated heterocycles. The molecule has 142 valence electrons. The molecule has 2 aromatic carbocycles. The summed E-state index contributed by atoms with van der Waals surface area (Å²) in [5.74, 6) is 0. The minimum Gasteiger partial charge on any atom is -0.293 e. The van der Waals surface area contributed by atoms with E-state index >= 15 is 0 Å². The van der Waals surface area contributed by atoms with E-state index < -0.39 is 0 Å². The van der Waals surface area contributed by atoms with E-state index in [9.17, 15) is 0 Å². The Hall–Kier alpha value is -2.76. The average Bonchev–Trinajstić information content (AvgIpc) is 3.37. The number of thiazole rings is 1. The second kappa shape index (κ2) is 8.09. The van der Waals surface area contributed by atoms with Gasteiger partial charge in [-0.25, -0.2) is 4.98 Å². The minimum absolute atomic E-state index is 0.266. The van der Waals surface area contributed by atoms with Crippen LogP contribution in [0.1, 0.15) is 29.2 Å². The number of hydrogen-bond donors (Lipinski definition) is 1. The predicted molar refractivity (Wildman–Crippen MR) is 116 cm³/mol. The van der Waals surface area contributed by atoms with Gasteiger partial charge in [0, 0.05) is 23.2 Å². The molecule has 2 aromatic heterocycles. The molecular formula is C23H24N4S. The molecule has 0 aliphatic carbocycles. The Bertz CT molecular complexity index is 1030. The van der Waals surface area contributed by atoms with Gasteiger partial charge in [0.25, 0.3) is 0 Å². The number of nitrogens with zero attached hydrogens (tertiary/aromatic N) is 3. The SMILES string of the molecule is Cc1csc([C@@H](C)N(C)Cc2cn[nH]c2-c2ccc(-c3ccccc3)cc2)n1. The maximum atomic E-state index is 4.63. The van der Waals surface area contributed by atoms with Gasteiger partial charge < -0.3 is 0 Å². The van der Waals surface area contributed by atoms with Gasteiger partial charge in [-0.15, -0.1) is 11.3 Å². The van der Waals surface area contributed by atoms with Crippen LogP contribution in [-0.2, 0) is 6.54 Å². The van der Waals surface area contributed by atoms with Crippen LogP contribution in [0.25, 0.3) is 22.4 Å². The van der Waals surface area contributed by atoms with Crippen molar-refractivity contribution in [1.29, 1.82) is 0 Å². The second-order valence-electron chi connectivity index (χ2n) is 7.13. The highest BCUT2D eigenvalue weighted by atomic mass is 32.1. The molecule has 0 spiro atoms. The van der Waals surface area contributed by atoms with E-state index in [2.05, 4.69) is 88.0 Å². The lowest BCUT2D eigenvalue weighted by atomic mass is 10.0. The van der Waals surface area contributed by atoms with Crippen molar-refractivity contribution in [3.63, 3.8) is 0 Å². The van der Waals surface area contributed by atoms with Crippen LogP contribution >= 0.6 is 11.3 Å². The van der Waals surface area contributed by atoms with E-state index in [0.29, 0.717) is 0 Å². The largest absolute Gasteiger partial charge is 0.293 e. The Morgan fingerprint density at radius 3 is 2.36 bits per heavy atom. The van der Waals surface area contributed by atoms with Crippen LogP contribution in [0, 0.1) is 6.92 Å². The third kappa shape index (κ3) is 3.91. The first-order valence-corrected chi connectivity index (χ1v) is 10.3. The number of benzene rings is 2. The first-order valence-electron chi connectivity index (χ1n) is 9.42. The third-order valence-corrected chi connectivity index (χ3v) is 6.21. The summed E-state index contributed by atoms with van der Waals surface area (Å²) in [6, 6.07) is 19.4. The fourth-order valence-corrected chi connectivity index (χ4v) is 4.22. The summed E-state index contributed by atoms with van der Waals surface area (Å²) in [5, 5.41) is 10.7. The maximum Gasteiger partial charge on any atom is 0.110 e. The molecule has 0 aliphatic heterocycles. The van der Waals surface area contributed by atoms with Gasteiger partial charge in [-0.1, -0.05) is 54.6 Å². The van der Waals surface area contributed by atoms with Crippen LogP contribution in [0.15, 0.2) is 66.2 Å². The van der Waals surface area contributed by atoms with E-state index in [1.807, 2.05) is 19.2 Å². The Morgan fingerprint density at radius 2 is 1.68 bits per heavy atom. The normalized spacial score (nSPS) is 12.4. The lowest BCUT2D eigenvalue weighted by Gasteiger charge is -2.22. The van der Waals surface area contributed by atoms with E-state index in [-0.39, 0.29) is 6.04 Å². The summed E-state index contributed by atoms with van der Waals surface area (Å²) >= 11 is 1.72. The van der Waals surface area contributed by atoms with Crippen molar-refractivity contribution in [3.8, 4) is 22.4 Å². The van der Waals surface area contributed by atoms with Crippen LogP contribution in [0.4, 0.5) is 0 Å². The number of aromatic nitrogens is 3. The van der Waals surface area contributed by atoms with Crippen molar-refractivity contribution in [3.05, 3.63) is 82.4 Å². The number of H-pyrrole nitrogens is 1. The van der Waals surface area contributed by atoms with Crippen molar-refractivity contribution in [1.82, 2.24) is 20.1 Å².